The van der Waals surface area contributed by atoms with Crippen molar-refractivity contribution in [1.82, 2.24) is 9.97 Å². The topological polar surface area (TPSA) is 118 Å². The normalized spacial score (nSPS) is 11.8. The average Bonchev–Trinajstić information content (AvgIpc) is 3.58. The molecule has 0 saturated carbocycles. The SMILES string of the molecule is O=S(=O)(Nc1ccc(Cl)cc1NS(=O)(=O)c1ccc(-c2ccccn2)s1)c1ccc(-c2ccccn2)s1. The molecule has 1 aromatic carbocycles. The Bertz CT molecular complexity index is 1770. The van der Waals surface area contributed by atoms with Crippen LogP contribution in [0, 0.1) is 0 Å². The molecule has 2 N–H and O–H groups in total. The van der Waals surface area contributed by atoms with Crippen LogP contribution in [0.2, 0.25) is 5.02 Å². The summed E-state index contributed by atoms with van der Waals surface area (Å²) in [6.07, 6.45) is 3.25. The van der Waals surface area contributed by atoms with Crippen molar-refractivity contribution in [2.45, 2.75) is 8.42 Å². The zero-order valence-electron chi connectivity index (χ0n) is 18.7. The fraction of sp³-hybridized carbons (Fsp3) is 0. The van der Waals surface area contributed by atoms with E-state index < -0.39 is 20.0 Å². The van der Waals surface area contributed by atoms with E-state index in [1.807, 2.05) is 12.1 Å². The third-order valence-electron chi connectivity index (χ3n) is 5.00. The molecule has 0 radical (unpaired) electrons. The summed E-state index contributed by atoms with van der Waals surface area (Å²) in [5.41, 5.74) is 1.31. The summed E-state index contributed by atoms with van der Waals surface area (Å²) in [7, 11) is -8.08. The molecule has 188 valence electrons. The van der Waals surface area contributed by atoms with Crippen LogP contribution in [-0.4, -0.2) is 26.8 Å². The summed E-state index contributed by atoms with van der Waals surface area (Å²) in [5, 5.41) is 0.231. The predicted molar refractivity (Wildman–Crippen MR) is 148 cm³/mol. The molecule has 0 aliphatic heterocycles. The number of anilines is 2. The maximum absolute atomic E-state index is 13.2. The molecule has 0 amide bonds. The molecule has 8 nitrogen and oxygen atoms in total. The minimum atomic E-state index is -4.05. The first kappa shape index (κ1) is 25.4. The lowest BCUT2D eigenvalue weighted by atomic mass is 10.3. The number of rotatable bonds is 8. The van der Waals surface area contributed by atoms with Gasteiger partial charge in [-0.05, 0) is 66.7 Å². The number of sulfonamides is 2. The molecular weight excluding hydrogens is 572 g/mol. The van der Waals surface area contributed by atoms with Gasteiger partial charge in [-0.2, -0.15) is 0 Å². The Hall–Kier alpha value is -3.29. The summed E-state index contributed by atoms with van der Waals surface area (Å²) >= 11 is 8.21. The number of benzene rings is 1. The van der Waals surface area contributed by atoms with Crippen LogP contribution >= 0.6 is 34.3 Å². The molecule has 0 spiro atoms. The predicted octanol–water partition coefficient (Wildman–Crippen LogP) is 6.19. The molecule has 5 rings (SSSR count). The average molecular weight is 589 g/mol. The van der Waals surface area contributed by atoms with E-state index in [4.69, 9.17) is 11.6 Å². The van der Waals surface area contributed by atoms with E-state index in [1.54, 1.807) is 48.8 Å². The number of thiophene rings is 2. The maximum Gasteiger partial charge on any atom is 0.271 e. The Kier molecular flexibility index (Phi) is 7.01. The summed E-state index contributed by atoms with van der Waals surface area (Å²) in [4.78, 5) is 9.84. The van der Waals surface area contributed by atoms with Crippen molar-refractivity contribution in [2.75, 3.05) is 9.44 Å². The first-order chi connectivity index (χ1) is 17.7. The van der Waals surface area contributed by atoms with Crippen molar-refractivity contribution in [3.8, 4) is 21.1 Å². The lowest BCUT2D eigenvalue weighted by Gasteiger charge is -2.14. The van der Waals surface area contributed by atoms with Gasteiger partial charge in [0.25, 0.3) is 20.0 Å². The van der Waals surface area contributed by atoms with Gasteiger partial charge in [0.2, 0.25) is 0 Å². The lowest BCUT2D eigenvalue weighted by Crippen LogP contribution is -2.16. The van der Waals surface area contributed by atoms with Crippen molar-refractivity contribution in [3.05, 3.63) is 96.3 Å². The Morgan fingerprint density at radius 2 is 1.14 bits per heavy atom. The molecule has 0 atom stereocenters. The minimum absolute atomic E-state index is 0.00892. The van der Waals surface area contributed by atoms with Crippen LogP contribution in [0.5, 0.6) is 0 Å². The van der Waals surface area contributed by atoms with Gasteiger partial charge in [0.05, 0.1) is 32.5 Å². The molecule has 4 aromatic heterocycles. The minimum Gasteiger partial charge on any atom is -0.277 e. The van der Waals surface area contributed by atoms with E-state index in [-0.39, 0.29) is 24.8 Å². The van der Waals surface area contributed by atoms with E-state index >= 15 is 0 Å². The van der Waals surface area contributed by atoms with Crippen LogP contribution in [0.1, 0.15) is 0 Å². The Morgan fingerprint density at radius 1 is 0.622 bits per heavy atom. The van der Waals surface area contributed by atoms with Gasteiger partial charge < -0.3 is 0 Å². The summed E-state index contributed by atoms with van der Waals surface area (Å²) in [6.45, 7) is 0. The van der Waals surface area contributed by atoms with Crippen LogP contribution in [-0.2, 0) is 20.0 Å². The highest BCUT2D eigenvalue weighted by molar-refractivity contribution is 7.95. The molecule has 37 heavy (non-hydrogen) atoms. The molecule has 5 aromatic rings. The van der Waals surface area contributed by atoms with Gasteiger partial charge in [-0.3, -0.25) is 19.4 Å². The van der Waals surface area contributed by atoms with Gasteiger partial charge in [0, 0.05) is 17.4 Å². The third kappa shape index (κ3) is 5.68. The molecule has 0 aliphatic rings. The van der Waals surface area contributed by atoms with Gasteiger partial charge in [-0.25, -0.2) is 16.8 Å². The maximum atomic E-state index is 13.2. The fourth-order valence-electron chi connectivity index (χ4n) is 3.30. The second-order valence-corrected chi connectivity index (χ2v) is 14.0. The molecule has 0 aliphatic carbocycles. The molecule has 0 bridgehead atoms. The second-order valence-electron chi connectivity index (χ2n) is 7.57. The number of hydrogen-bond donors (Lipinski definition) is 2. The highest BCUT2D eigenvalue weighted by atomic mass is 35.5. The van der Waals surface area contributed by atoms with E-state index in [2.05, 4.69) is 19.4 Å². The zero-order valence-corrected chi connectivity index (χ0v) is 22.7. The van der Waals surface area contributed by atoms with Crippen LogP contribution in [0.25, 0.3) is 21.1 Å². The summed E-state index contributed by atoms with van der Waals surface area (Å²) in [5.74, 6) is 0. The van der Waals surface area contributed by atoms with Gasteiger partial charge in [0.1, 0.15) is 8.42 Å². The molecular formula is C24H17ClN4O4S4. The largest absolute Gasteiger partial charge is 0.277 e. The fourth-order valence-corrected chi connectivity index (χ4v) is 8.19. The van der Waals surface area contributed by atoms with E-state index in [0.717, 1.165) is 22.7 Å². The van der Waals surface area contributed by atoms with Crippen molar-refractivity contribution in [1.29, 1.82) is 0 Å². The smallest absolute Gasteiger partial charge is 0.271 e. The van der Waals surface area contributed by atoms with Gasteiger partial charge in [-0.1, -0.05) is 23.7 Å². The number of nitrogens with one attached hydrogen (secondary N) is 2. The number of hydrogen-bond acceptors (Lipinski definition) is 8. The molecule has 0 fully saturated rings. The summed E-state index contributed by atoms with van der Waals surface area (Å²) < 4.78 is 57.6. The zero-order chi connectivity index (χ0) is 26.0. The first-order valence-electron chi connectivity index (χ1n) is 10.6. The Morgan fingerprint density at radius 3 is 1.62 bits per heavy atom. The van der Waals surface area contributed by atoms with Crippen LogP contribution in [0.3, 0.4) is 0 Å². The van der Waals surface area contributed by atoms with Crippen molar-refractivity contribution in [2.24, 2.45) is 0 Å². The molecule has 0 saturated heterocycles. The summed E-state index contributed by atoms with van der Waals surface area (Å²) in [6, 6.07) is 21.2. The highest BCUT2D eigenvalue weighted by Gasteiger charge is 2.23. The molecule has 13 heteroatoms. The van der Waals surface area contributed by atoms with Crippen molar-refractivity contribution >= 4 is 65.7 Å². The standard InChI is InChI=1S/C24H17ClN4O4S4/c25-16-7-8-17(28-36(30,31)23-11-9-21(34-23)18-5-1-3-13-26-18)20(15-16)29-37(32,33)24-12-10-22(35-24)19-6-2-4-14-27-19/h1-15,28-29H. The highest BCUT2D eigenvalue weighted by Crippen LogP contribution is 2.35. The van der Waals surface area contributed by atoms with Gasteiger partial charge in [0.15, 0.2) is 0 Å². The lowest BCUT2D eigenvalue weighted by molar-refractivity contribution is 0.601. The van der Waals surface area contributed by atoms with Crippen LogP contribution in [0.4, 0.5) is 11.4 Å². The van der Waals surface area contributed by atoms with Crippen LogP contribution < -0.4 is 9.44 Å². The van der Waals surface area contributed by atoms with Crippen molar-refractivity contribution in [3.63, 3.8) is 0 Å². The Balaban J connectivity index is 1.42. The van der Waals surface area contributed by atoms with Crippen LogP contribution in [0.15, 0.2) is 99.7 Å². The van der Waals surface area contributed by atoms with Crippen molar-refractivity contribution < 1.29 is 16.8 Å². The Labute approximate surface area is 226 Å². The van der Waals surface area contributed by atoms with Gasteiger partial charge >= 0.3 is 0 Å². The number of aromatic nitrogens is 2. The second kappa shape index (κ2) is 10.2. The van der Waals surface area contributed by atoms with E-state index in [1.165, 1.54) is 30.3 Å². The first-order valence-corrected chi connectivity index (χ1v) is 15.6. The molecule has 0 unspecified atom stereocenters. The number of pyridine rings is 2. The quantitative estimate of drug-likeness (QED) is 0.223. The number of halogens is 1. The van der Waals surface area contributed by atoms with E-state index in [9.17, 15) is 16.8 Å². The number of nitrogens with zero attached hydrogens (tertiary/aromatic N) is 2. The molecule has 4 heterocycles. The third-order valence-corrected chi connectivity index (χ3v) is 11.2. The van der Waals surface area contributed by atoms with Gasteiger partial charge in [-0.15, -0.1) is 22.7 Å². The van der Waals surface area contributed by atoms with E-state index in [0.29, 0.717) is 21.1 Å². The monoisotopic (exact) mass is 588 g/mol.